The van der Waals surface area contributed by atoms with Gasteiger partial charge in [-0.2, -0.15) is 0 Å². The van der Waals surface area contributed by atoms with Gasteiger partial charge in [-0.25, -0.2) is 0 Å². The van der Waals surface area contributed by atoms with Gasteiger partial charge in [-0.1, -0.05) is 11.6 Å². The van der Waals surface area contributed by atoms with E-state index in [1.165, 1.54) is 19.3 Å². The summed E-state index contributed by atoms with van der Waals surface area (Å²) in [6.07, 6.45) is 6.42. The van der Waals surface area contributed by atoms with E-state index in [-0.39, 0.29) is 5.41 Å². The van der Waals surface area contributed by atoms with Crippen molar-refractivity contribution < 1.29 is 4.52 Å². The minimum absolute atomic E-state index is 0.266. The Morgan fingerprint density at radius 1 is 1.58 bits per heavy atom. The van der Waals surface area contributed by atoms with Crippen molar-refractivity contribution in [3.8, 4) is 0 Å². The van der Waals surface area contributed by atoms with Crippen LogP contribution in [0.1, 0.15) is 31.4 Å². The van der Waals surface area contributed by atoms with Crippen molar-refractivity contribution in [3.63, 3.8) is 0 Å². The van der Waals surface area contributed by atoms with Crippen LogP contribution in [0.15, 0.2) is 16.9 Å². The molecule has 1 aromatic heterocycles. The Kier molecular flexibility index (Phi) is 1.89. The highest BCUT2D eigenvalue weighted by Crippen LogP contribution is 2.45. The molecular weight excluding hydrogens is 152 g/mol. The summed E-state index contributed by atoms with van der Waals surface area (Å²) in [6, 6.07) is 1.97. The van der Waals surface area contributed by atoms with E-state index in [1.54, 1.807) is 6.26 Å². The average molecular weight is 166 g/mol. The van der Waals surface area contributed by atoms with E-state index in [4.69, 9.17) is 10.3 Å². The van der Waals surface area contributed by atoms with Gasteiger partial charge in [-0.05, 0) is 25.8 Å². The minimum atomic E-state index is 0.266. The van der Waals surface area contributed by atoms with Crippen molar-refractivity contribution in [2.45, 2.75) is 31.1 Å². The molecule has 0 amide bonds. The van der Waals surface area contributed by atoms with Gasteiger partial charge in [0.2, 0.25) is 0 Å². The molecule has 0 bridgehead atoms. The highest BCUT2D eigenvalue weighted by atomic mass is 16.5. The number of hydrogen-bond acceptors (Lipinski definition) is 3. The maximum Gasteiger partial charge on any atom is 0.124 e. The van der Waals surface area contributed by atoms with E-state index in [0.29, 0.717) is 0 Å². The lowest BCUT2D eigenvalue weighted by molar-refractivity contribution is 0.212. The van der Waals surface area contributed by atoms with Gasteiger partial charge < -0.3 is 10.3 Å². The molecule has 1 fully saturated rings. The van der Waals surface area contributed by atoms with Crippen molar-refractivity contribution in [1.82, 2.24) is 5.16 Å². The second-order valence-electron chi connectivity index (χ2n) is 3.56. The van der Waals surface area contributed by atoms with Gasteiger partial charge in [0, 0.05) is 11.5 Å². The average Bonchev–Trinajstić information content (AvgIpc) is 2.48. The van der Waals surface area contributed by atoms with Crippen LogP contribution in [-0.4, -0.2) is 11.7 Å². The molecule has 0 radical (unpaired) electrons. The number of hydrogen-bond donors (Lipinski definition) is 1. The Morgan fingerprint density at radius 3 is 2.83 bits per heavy atom. The van der Waals surface area contributed by atoms with Gasteiger partial charge in [-0.3, -0.25) is 0 Å². The molecule has 66 valence electrons. The first-order valence-electron chi connectivity index (χ1n) is 4.48. The maximum atomic E-state index is 5.57. The van der Waals surface area contributed by atoms with Crippen molar-refractivity contribution in [1.29, 1.82) is 0 Å². The van der Waals surface area contributed by atoms with E-state index in [1.807, 2.05) is 6.07 Å². The molecule has 3 nitrogen and oxygen atoms in total. The van der Waals surface area contributed by atoms with Gasteiger partial charge in [0.25, 0.3) is 0 Å². The largest absolute Gasteiger partial charge is 0.364 e. The summed E-state index contributed by atoms with van der Waals surface area (Å²) in [6.45, 7) is 0.743. The monoisotopic (exact) mass is 166 g/mol. The zero-order chi connectivity index (χ0) is 8.44. The lowest BCUT2D eigenvalue weighted by Crippen LogP contribution is -2.36. The molecule has 1 aliphatic carbocycles. The Hall–Kier alpha value is -0.830. The smallest absolute Gasteiger partial charge is 0.124 e. The maximum absolute atomic E-state index is 5.57. The van der Waals surface area contributed by atoms with Gasteiger partial charge >= 0.3 is 0 Å². The predicted octanol–water partition coefficient (Wildman–Crippen LogP) is 1.45. The summed E-state index contributed by atoms with van der Waals surface area (Å²) in [5, 5.41) is 4.00. The highest BCUT2D eigenvalue weighted by Gasteiger charge is 2.39. The van der Waals surface area contributed by atoms with E-state index < -0.39 is 0 Å². The van der Waals surface area contributed by atoms with Crippen LogP contribution in [-0.2, 0) is 5.41 Å². The third kappa shape index (κ3) is 1.05. The molecule has 0 spiro atoms. The molecule has 2 N–H and O–H groups in total. The fraction of sp³-hybridized carbons (Fsp3) is 0.667. The zero-order valence-corrected chi connectivity index (χ0v) is 7.12. The molecule has 2 rings (SSSR count). The van der Waals surface area contributed by atoms with E-state index in [9.17, 15) is 0 Å². The van der Waals surface area contributed by atoms with Gasteiger partial charge in [0.1, 0.15) is 6.26 Å². The summed E-state index contributed by atoms with van der Waals surface area (Å²) < 4.78 is 4.85. The predicted molar refractivity (Wildman–Crippen MR) is 45.7 cm³/mol. The minimum Gasteiger partial charge on any atom is -0.364 e. The summed E-state index contributed by atoms with van der Waals surface area (Å²) in [5.74, 6) is 0. The Bertz CT molecular complexity index is 239. The molecule has 0 unspecified atom stereocenters. The van der Waals surface area contributed by atoms with Crippen molar-refractivity contribution in [2.75, 3.05) is 6.54 Å². The molecule has 0 atom stereocenters. The Morgan fingerprint density at radius 2 is 2.42 bits per heavy atom. The van der Waals surface area contributed by atoms with Crippen LogP contribution >= 0.6 is 0 Å². The van der Waals surface area contributed by atoms with Gasteiger partial charge in [0.05, 0.1) is 5.69 Å². The molecule has 0 aliphatic heterocycles. The first-order chi connectivity index (χ1) is 5.87. The molecule has 1 heterocycles. The van der Waals surface area contributed by atoms with Crippen molar-refractivity contribution in [3.05, 3.63) is 18.0 Å². The third-order valence-corrected chi connectivity index (χ3v) is 2.91. The lowest BCUT2D eigenvalue weighted by Gasteiger charge is -2.39. The van der Waals surface area contributed by atoms with Crippen LogP contribution in [0, 0.1) is 0 Å². The number of aromatic nitrogens is 1. The third-order valence-electron chi connectivity index (χ3n) is 2.91. The van der Waals surface area contributed by atoms with Crippen LogP contribution in [0.4, 0.5) is 0 Å². The number of nitrogens with zero attached hydrogens (tertiary/aromatic N) is 1. The zero-order valence-electron chi connectivity index (χ0n) is 7.12. The van der Waals surface area contributed by atoms with Gasteiger partial charge in [-0.15, -0.1) is 0 Å². The number of rotatable bonds is 3. The van der Waals surface area contributed by atoms with E-state index in [2.05, 4.69) is 5.16 Å². The topological polar surface area (TPSA) is 52.0 Å². The van der Waals surface area contributed by atoms with Crippen LogP contribution in [0.2, 0.25) is 0 Å². The lowest BCUT2D eigenvalue weighted by atomic mass is 9.64. The summed E-state index contributed by atoms with van der Waals surface area (Å²) in [5.41, 5.74) is 6.93. The van der Waals surface area contributed by atoms with Crippen LogP contribution < -0.4 is 5.73 Å². The van der Waals surface area contributed by atoms with Gasteiger partial charge in [0.15, 0.2) is 0 Å². The fourth-order valence-corrected chi connectivity index (χ4v) is 2.00. The second-order valence-corrected chi connectivity index (χ2v) is 3.56. The molecule has 12 heavy (non-hydrogen) atoms. The first-order valence-corrected chi connectivity index (χ1v) is 4.48. The molecular formula is C9H14N2O. The fourth-order valence-electron chi connectivity index (χ4n) is 2.00. The van der Waals surface area contributed by atoms with Crippen molar-refractivity contribution >= 4 is 0 Å². The second kappa shape index (κ2) is 2.90. The van der Waals surface area contributed by atoms with E-state index in [0.717, 1.165) is 18.7 Å². The Labute approximate surface area is 71.9 Å². The summed E-state index contributed by atoms with van der Waals surface area (Å²) in [4.78, 5) is 0. The molecule has 1 aromatic rings. The van der Waals surface area contributed by atoms with Crippen LogP contribution in [0.25, 0.3) is 0 Å². The molecule has 0 saturated heterocycles. The molecule has 0 aromatic carbocycles. The summed E-state index contributed by atoms with van der Waals surface area (Å²) >= 11 is 0. The Balaban J connectivity index is 2.17. The molecule has 1 aliphatic rings. The molecule has 1 saturated carbocycles. The highest BCUT2D eigenvalue weighted by molar-refractivity contribution is 5.17. The van der Waals surface area contributed by atoms with E-state index >= 15 is 0 Å². The number of nitrogens with two attached hydrogens (primary N) is 1. The normalized spacial score (nSPS) is 20.4. The van der Waals surface area contributed by atoms with Crippen LogP contribution in [0.5, 0.6) is 0 Å². The molecule has 3 heteroatoms. The summed E-state index contributed by atoms with van der Waals surface area (Å²) in [7, 11) is 0. The standard InChI is InChI=1S/C9H14N2O/c10-6-5-9(3-1-4-9)8-2-7-12-11-8/h2,7H,1,3-6,10H2. The van der Waals surface area contributed by atoms with Crippen molar-refractivity contribution in [2.24, 2.45) is 5.73 Å². The van der Waals surface area contributed by atoms with Crippen LogP contribution in [0.3, 0.4) is 0 Å². The SMILES string of the molecule is NCCC1(c2ccon2)CCC1. The first kappa shape index (κ1) is 7.80. The quantitative estimate of drug-likeness (QED) is 0.739.